The third-order valence-electron chi connectivity index (χ3n) is 3.51. The van der Waals surface area contributed by atoms with E-state index in [4.69, 9.17) is 4.74 Å². The number of thiophene rings is 1. The topological polar surface area (TPSA) is 47.4 Å². The molecule has 1 aliphatic rings. The summed E-state index contributed by atoms with van der Waals surface area (Å²) < 4.78 is 7.27. The molecule has 0 bridgehead atoms. The van der Waals surface area contributed by atoms with Gasteiger partial charge in [-0.1, -0.05) is 0 Å². The first-order valence-electron chi connectivity index (χ1n) is 7.40. The highest BCUT2D eigenvalue weighted by molar-refractivity contribution is 7.15. The normalized spacial score (nSPS) is 14.8. The predicted molar refractivity (Wildman–Crippen MR) is 86.9 cm³/mol. The van der Waals surface area contributed by atoms with E-state index in [0.717, 1.165) is 18.5 Å². The number of fused-ring (bicyclic) bond motifs is 1. The van der Waals surface area contributed by atoms with Crippen LogP contribution in [-0.2, 0) is 24.8 Å². The fourth-order valence-electron chi connectivity index (χ4n) is 2.51. The average Bonchev–Trinajstić information content (AvgIpc) is 3.01. The van der Waals surface area contributed by atoms with Gasteiger partial charge in [-0.2, -0.15) is 5.10 Å². The molecule has 3 heterocycles. The molecule has 0 fully saturated rings. The summed E-state index contributed by atoms with van der Waals surface area (Å²) in [7, 11) is 1.92. The molecule has 0 atom stereocenters. The molecular weight excluding hydrogens is 298 g/mol. The number of hydrogen-bond donors (Lipinski definition) is 0. The maximum absolute atomic E-state index is 12.2. The number of carbonyl (C=O) groups is 1. The lowest BCUT2D eigenvalue weighted by Gasteiger charge is -2.29. The summed E-state index contributed by atoms with van der Waals surface area (Å²) in [6.07, 6.45) is 4.55. The van der Waals surface area contributed by atoms with Gasteiger partial charge < -0.3 is 9.64 Å². The van der Waals surface area contributed by atoms with E-state index in [1.54, 1.807) is 20.9 Å². The van der Waals surface area contributed by atoms with Crippen LogP contribution in [0.4, 0.5) is 4.79 Å². The van der Waals surface area contributed by atoms with Crippen LogP contribution in [0.15, 0.2) is 18.5 Å². The molecule has 22 heavy (non-hydrogen) atoms. The third kappa shape index (κ3) is 3.16. The fraction of sp³-hybridized carbons (Fsp3) is 0.500. The first-order chi connectivity index (χ1) is 10.3. The Kier molecular flexibility index (Phi) is 3.72. The Morgan fingerprint density at radius 3 is 2.82 bits per heavy atom. The molecule has 2 aromatic rings. The summed E-state index contributed by atoms with van der Waals surface area (Å²) >= 11 is 1.80. The van der Waals surface area contributed by atoms with Crippen molar-refractivity contribution in [2.24, 2.45) is 7.05 Å². The Bertz CT molecular complexity index is 697. The second kappa shape index (κ2) is 5.43. The third-order valence-corrected chi connectivity index (χ3v) is 4.79. The molecule has 5 nitrogen and oxygen atoms in total. The van der Waals surface area contributed by atoms with E-state index >= 15 is 0 Å². The minimum Gasteiger partial charge on any atom is -0.444 e. The van der Waals surface area contributed by atoms with Crippen molar-refractivity contribution in [3.05, 3.63) is 28.9 Å². The van der Waals surface area contributed by atoms with Gasteiger partial charge in [-0.05, 0) is 38.8 Å². The molecule has 118 valence electrons. The number of aromatic nitrogens is 2. The predicted octanol–water partition coefficient (Wildman–Crippen LogP) is 3.44. The van der Waals surface area contributed by atoms with Gasteiger partial charge in [0.15, 0.2) is 0 Å². The number of amides is 1. The minimum absolute atomic E-state index is 0.229. The summed E-state index contributed by atoms with van der Waals surface area (Å²) in [6.45, 7) is 7.03. The van der Waals surface area contributed by atoms with Crippen LogP contribution in [-0.4, -0.2) is 32.9 Å². The van der Waals surface area contributed by atoms with Gasteiger partial charge in [0.05, 0.1) is 12.7 Å². The van der Waals surface area contributed by atoms with Gasteiger partial charge in [-0.3, -0.25) is 4.68 Å². The maximum atomic E-state index is 12.2. The van der Waals surface area contributed by atoms with Gasteiger partial charge in [0.25, 0.3) is 0 Å². The van der Waals surface area contributed by atoms with Gasteiger partial charge in [0.1, 0.15) is 5.60 Å². The Labute approximate surface area is 134 Å². The molecule has 0 saturated heterocycles. The molecule has 3 rings (SSSR count). The SMILES string of the molecule is Cn1cc(-c2cc3c(s2)CCN(C(=O)OC(C)(C)C)C3)cn1. The molecule has 0 N–H and O–H groups in total. The van der Waals surface area contributed by atoms with Gasteiger partial charge in [-0.15, -0.1) is 11.3 Å². The van der Waals surface area contributed by atoms with Crippen LogP contribution in [0.25, 0.3) is 10.4 Å². The molecular formula is C16H21N3O2S. The number of ether oxygens (including phenoxy) is 1. The average molecular weight is 319 g/mol. The quantitative estimate of drug-likeness (QED) is 0.809. The lowest BCUT2D eigenvalue weighted by atomic mass is 10.1. The van der Waals surface area contributed by atoms with E-state index in [2.05, 4.69) is 11.2 Å². The lowest BCUT2D eigenvalue weighted by molar-refractivity contribution is 0.0225. The van der Waals surface area contributed by atoms with Crippen molar-refractivity contribution in [2.45, 2.75) is 39.3 Å². The van der Waals surface area contributed by atoms with Crippen molar-refractivity contribution in [3.8, 4) is 10.4 Å². The van der Waals surface area contributed by atoms with E-state index in [1.165, 1.54) is 15.3 Å². The van der Waals surface area contributed by atoms with E-state index in [0.29, 0.717) is 6.54 Å². The highest BCUT2D eigenvalue weighted by Crippen LogP contribution is 2.34. The summed E-state index contributed by atoms with van der Waals surface area (Å²) in [5, 5.41) is 4.22. The second-order valence-corrected chi connectivity index (χ2v) is 7.75. The Balaban J connectivity index is 1.76. The Hall–Kier alpha value is -1.82. The van der Waals surface area contributed by atoms with E-state index in [9.17, 15) is 4.79 Å². The first-order valence-corrected chi connectivity index (χ1v) is 8.22. The minimum atomic E-state index is -0.452. The maximum Gasteiger partial charge on any atom is 0.410 e. The molecule has 0 unspecified atom stereocenters. The van der Waals surface area contributed by atoms with E-state index in [1.807, 2.05) is 40.2 Å². The van der Waals surface area contributed by atoms with Crippen LogP contribution >= 0.6 is 11.3 Å². The fourth-order valence-corrected chi connectivity index (χ4v) is 3.64. The zero-order valence-corrected chi connectivity index (χ0v) is 14.2. The van der Waals surface area contributed by atoms with E-state index < -0.39 is 5.60 Å². The number of aryl methyl sites for hydroxylation is 1. The van der Waals surface area contributed by atoms with Crippen LogP contribution in [0.2, 0.25) is 0 Å². The van der Waals surface area contributed by atoms with Crippen LogP contribution < -0.4 is 0 Å². The summed E-state index contributed by atoms with van der Waals surface area (Å²) in [4.78, 5) is 16.6. The number of nitrogens with zero attached hydrogens (tertiary/aromatic N) is 3. The van der Waals surface area contributed by atoms with Crippen molar-refractivity contribution in [1.29, 1.82) is 0 Å². The molecule has 1 amide bonds. The molecule has 0 saturated carbocycles. The second-order valence-electron chi connectivity index (χ2n) is 6.61. The first kappa shape index (κ1) is 15.1. The standard InChI is InChI=1S/C16H21N3O2S/c1-16(2,3)21-15(20)19-6-5-13-11(10-19)7-14(22-13)12-8-17-18(4)9-12/h7-9H,5-6,10H2,1-4H3. The van der Waals surface area contributed by atoms with Crippen LogP contribution in [0, 0.1) is 0 Å². The Morgan fingerprint density at radius 1 is 1.41 bits per heavy atom. The van der Waals surface area contributed by atoms with Crippen LogP contribution in [0.3, 0.4) is 0 Å². The van der Waals surface area contributed by atoms with Crippen molar-refractivity contribution in [1.82, 2.24) is 14.7 Å². The van der Waals surface area contributed by atoms with Gasteiger partial charge in [-0.25, -0.2) is 4.79 Å². The number of hydrogen-bond acceptors (Lipinski definition) is 4. The molecule has 1 aliphatic heterocycles. The smallest absolute Gasteiger partial charge is 0.410 e. The summed E-state index contributed by atoms with van der Waals surface area (Å²) in [6, 6.07) is 2.17. The van der Waals surface area contributed by atoms with Gasteiger partial charge in [0.2, 0.25) is 0 Å². The van der Waals surface area contributed by atoms with Crippen LogP contribution in [0.1, 0.15) is 31.2 Å². The molecule has 6 heteroatoms. The van der Waals surface area contributed by atoms with Crippen molar-refractivity contribution in [3.63, 3.8) is 0 Å². The van der Waals surface area contributed by atoms with Gasteiger partial charge in [0, 0.05) is 35.1 Å². The lowest BCUT2D eigenvalue weighted by Crippen LogP contribution is -2.39. The van der Waals surface area contributed by atoms with Crippen LogP contribution in [0.5, 0.6) is 0 Å². The summed E-state index contributed by atoms with van der Waals surface area (Å²) in [5.74, 6) is 0. The number of rotatable bonds is 1. The zero-order valence-electron chi connectivity index (χ0n) is 13.4. The van der Waals surface area contributed by atoms with Crippen molar-refractivity contribution in [2.75, 3.05) is 6.54 Å². The van der Waals surface area contributed by atoms with Crippen molar-refractivity contribution < 1.29 is 9.53 Å². The molecule has 0 aromatic carbocycles. The number of carbonyl (C=O) groups excluding carboxylic acids is 1. The highest BCUT2D eigenvalue weighted by atomic mass is 32.1. The molecule has 0 aliphatic carbocycles. The molecule has 0 spiro atoms. The largest absolute Gasteiger partial charge is 0.444 e. The Morgan fingerprint density at radius 2 is 2.18 bits per heavy atom. The van der Waals surface area contributed by atoms with Gasteiger partial charge >= 0.3 is 6.09 Å². The monoisotopic (exact) mass is 319 g/mol. The summed E-state index contributed by atoms with van der Waals surface area (Å²) in [5.41, 5.74) is 1.90. The van der Waals surface area contributed by atoms with Crippen molar-refractivity contribution >= 4 is 17.4 Å². The molecule has 2 aromatic heterocycles. The molecule has 0 radical (unpaired) electrons. The van der Waals surface area contributed by atoms with E-state index in [-0.39, 0.29) is 6.09 Å². The zero-order chi connectivity index (χ0) is 15.9. The highest BCUT2D eigenvalue weighted by Gasteiger charge is 2.27.